The maximum Gasteiger partial charge on any atom is 0.343 e. The van der Waals surface area contributed by atoms with E-state index in [0.29, 0.717) is 50.0 Å². The van der Waals surface area contributed by atoms with Crippen LogP contribution in [0.15, 0.2) is 303 Å². The number of methoxy groups -OCH3 is 8. The summed E-state index contributed by atoms with van der Waals surface area (Å²) < 4.78 is 46.1. The van der Waals surface area contributed by atoms with Crippen LogP contribution in [0.25, 0.3) is 0 Å². The molecule has 0 aliphatic rings. The number of rotatable bonds is 22. The third-order valence-electron chi connectivity index (χ3n) is 13.6. The summed E-state index contributed by atoms with van der Waals surface area (Å²) in [5.74, 6) is -2.17. The fraction of sp³-hybridized carbons (Fsp3) is 0.205. The number of hydrogen-bond donors (Lipinski definition) is 2. The van der Waals surface area contributed by atoms with Gasteiger partial charge in [0, 0.05) is 0 Å². The number of aliphatic carboxylic acids is 2. The van der Waals surface area contributed by atoms with Gasteiger partial charge in [-0.15, -0.1) is 0 Å². The van der Waals surface area contributed by atoms with Gasteiger partial charge in [-0.2, -0.15) is 0 Å². The van der Waals surface area contributed by atoms with Crippen molar-refractivity contribution in [2.75, 3.05) is 70.1 Å². The average molecular weight is 1510 g/mol. The van der Waals surface area contributed by atoms with Gasteiger partial charge in [-0.05, 0) is 68.8 Å². The minimum absolute atomic E-state index is 0.0412. The van der Waals surface area contributed by atoms with Gasteiger partial charge in [0.15, 0.2) is 13.2 Å². The van der Waals surface area contributed by atoms with Crippen LogP contribution >= 0.6 is 0 Å². The fourth-order valence-electron chi connectivity index (χ4n) is 7.98. The number of esters is 8. The normalized spacial score (nSPS) is 9.16. The quantitative estimate of drug-likeness (QED) is 0.0470. The molecule has 10 rings (SSSR count). The number of benzene rings is 10. The van der Waals surface area contributed by atoms with Crippen LogP contribution in [0.1, 0.15) is 44.5 Å². The van der Waals surface area contributed by atoms with Gasteiger partial charge in [0.2, 0.25) is 0 Å². The second kappa shape index (κ2) is 62.8. The van der Waals surface area contributed by atoms with Crippen LogP contribution in [0.4, 0.5) is 0 Å². The van der Waals surface area contributed by atoms with E-state index in [0.717, 1.165) is 44.5 Å². The molecule has 0 heterocycles. The summed E-state index contributed by atoms with van der Waals surface area (Å²) in [4.78, 5) is 106. The third kappa shape index (κ3) is 53.3. The lowest BCUT2D eigenvalue weighted by Gasteiger charge is -2.02. The first kappa shape index (κ1) is 94.5. The Morgan fingerprint density at radius 3 is 0.445 bits per heavy atom. The van der Waals surface area contributed by atoms with Crippen LogP contribution in [-0.2, 0) is 137 Å². The van der Waals surface area contributed by atoms with Crippen molar-refractivity contribution in [3.63, 3.8) is 0 Å². The van der Waals surface area contributed by atoms with E-state index in [1.807, 2.05) is 255 Å². The van der Waals surface area contributed by atoms with Gasteiger partial charge in [-0.25, -0.2) is 9.59 Å². The molecule has 580 valence electrons. The molecule has 22 nitrogen and oxygen atoms in total. The minimum atomic E-state index is -0.786. The van der Waals surface area contributed by atoms with Crippen LogP contribution in [0.2, 0.25) is 0 Å². The molecule has 0 saturated heterocycles. The van der Waals surface area contributed by atoms with Gasteiger partial charge in [0.05, 0.1) is 108 Å². The van der Waals surface area contributed by atoms with E-state index in [1.165, 1.54) is 56.9 Å². The maximum absolute atomic E-state index is 10.8. The topological polar surface area (TPSA) is 303 Å². The second-order valence-electron chi connectivity index (χ2n) is 21.9. The smallest absolute Gasteiger partial charge is 0.343 e. The van der Waals surface area contributed by atoms with Crippen molar-refractivity contribution in [3.8, 4) is 11.5 Å². The van der Waals surface area contributed by atoms with Crippen LogP contribution in [-0.4, -0.2) is 140 Å². The van der Waals surface area contributed by atoms with Crippen molar-refractivity contribution in [1.82, 2.24) is 0 Å². The van der Waals surface area contributed by atoms with E-state index in [2.05, 4.69) is 37.9 Å². The van der Waals surface area contributed by atoms with Crippen molar-refractivity contribution in [2.45, 2.75) is 51.4 Å². The zero-order valence-electron chi connectivity index (χ0n) is 63.0. The molecule has 0 spiro atoms. The summed E-state index contributed by atoms with van der Waals surface area (Å²) in [5.41, 5.74) is 7.60. The van der Waals surface area contributed by atoms with Crippen LogP contribution in [0, 0.1) is 0 Å². The fourth-order valence-corrected chi connectivity index (χ4v) is 7.98. The molecule has 0 saturated carbocycles. The molecule has 2 N–H and O–H groups in total. The lowest BCUT2D eigenvalue weighted by molar-refractivity contribution is -0.143. The predicted octanol–water partition coefficient (Wildman–Crippen LogP) is 13.5. The summed E-state index contributed by atoms with van der Waals surface area (Å²) in [6.07, 6.45) is 2.37. The maximum atomic E-state index is 10.8. The Morgan fingerprint density at radius 2 is 0.318 bits per heavy atom. The first-order chi connectivity index (χ1) is 53.2. The van der Waals surface area contributed by atoms with Crippen molar-refractivity contribution < 1.29 is 106 Å². The van der Waals surface area contributed by atoms with Crippen molar-refractivity contribution >= 4 is 59.7 Å². The van der Waals surface area contributed by atoms with Gasteiger partial charge in [-0.3, -0.25) is 38.4 Å². The number of carbonyl (C=O) groups is 10. The summed E-state index contributed by atoms with van der Waals surface area (Å²) >= 11 is 0. The Hall–Kier alpha value is -13.5. The highest BCUT2D eigenvalue weighted by atomic mass is 16.6. The van der Waals surface area contributed by atoms with Gasteiger partial charge < -0.3 is 57.6 Å². The average Bonchev–Trinajstić information content (AvgIpc) is 1.51. The summed E-state index contributed by atoms with van der Waals surface area (Å²) in [6, 6.07) is 93.6. The van der Waals surface area contributed by atoms with Crippen LogP contribution < -0.4 is 9.47 Å². The molecule has 10 aromatic carbocycles. The molecule has 0 unspecified atom stereocenters. The molecule has 22 heteroatoms. The third-order valence-corrected chi connectivity index (χ3v) is 13.6. The Kier molecular flexibility index (Phi) is 54.0. The van der Waals surface area contributed by atoms with Crippen LogP contribution in [0.5, 0.6) is 11.5 Å². The zero-order valence-corrected chi connectivity index (χ0v) is 63.0. The van der Waals surface area contributed by atoms with E-state index in [-0.39, 0.29) is 73.8 Å². The number of ether oxygens (including phenoxy) is 10. The number of carbonyl (C=O) groups excluding carboxylic acids is 8. The summed E-state index contributed by atoms with van der Waals surface area (Å²) in [6.45, 7) is -0.0823. The zero-order chi connectivity index (χ0) is 81.0. The van der Waals surface area contributed by atoms with E-state index < -0.39 is 11.9 Å². The molecule has 10 aromatic rings. The molecule has 0 aliphatic heterocycles. The van der Waals surface area contributed by atoms with E-state index in [4.69, 9.17) is 19.7 Å². The molecular weight excluding hydrogens is 1410 g/mol. The summed E-state index contributed by atoms with van der Waals surface area (Å²) in [5, 5.41) is 16.7. The van der Waals surface area contributed by atoms with Gasteiger partial charge in [0.1, 0.15) is 11.5 Å². The highest BCUT2D eigenvalue weighted by Gasteiger charge is 2.07. The minimum Gasteiger partial charge on any atom is -0.482 e. The van der Waals surface area contributed by atoms with E-state index >= 15 is 0 Å². The number of para-hydroxylation sites is 2. The first-order valence-electron chi connectivity index (χ1n) is 33.8. The molecule has 0 aliphatic carbocycles. The van der Waals surface area contributed by atoms with Gasteiger partial charge >= 0.3 is 59.7 Å². The van der Waals surface area contributed by atoms with Crippen molar-refractivity contribution in [2.24, 2.45) is 0 Å². The van der Waals surface area contributed by atoms with E-state index in [9.17, 15) is 47.9 Å². The van der Waals surface area contributed by atoms with Crippen molar-refractivity contribution in [1.29, 1.82) is 0 Å². The molecule has 0 amide bonds. The van der Waals surface area contributed by atoms with Crippen molar-refractivity contribution in [3.05, 3.63) is 348 Å². The largest absolute Gasteiger partial charge is 0.482 e. The molecule has 0 bridgehead atoms. The summed E-state index contributed by atoms with van der Waals surface area (Å²) in [7, 11) is 11.0. The molecular formula is C88H96O22. The van der Waals surface area contributed by atoms with Gasteiger partial charge in [0.25, 0.3) is 0 Å². The Morgan fingerprint density at radius 1 is 0.191 bits per heavy atom. The Bertz CT molecular complexity index is 3550. The highest BCUT2D eigenvalue weighted by Crippen LogP contribution is 2.10. The Balaban J connectivity index is 0.000000611. The lowest BCUT2D eigenvalue weighted by atomic mass is 10.2. The number of carboxylic acids is 2. The Labute approximate surface area is 643 Å². The van der Waals surface area contributed by atoms with Crippen LogP contribution in [0.3, 0.4) is 0 Å². The number of hydrogen-bond acceptors (Lipinski definition) is 20. The molecule has 110 heavy (non-hydrogen) atoms. The first-order valence-corrected chi connectivity index (χ1v) is 33.8. The molecule has 0 fully saturated rings. The SMILES string of the molecule is COC(=O)COc1ccccc1.COC(=O)COc1ccccc1.COC(=O)Cc1ccccc1.COC(=O)Cc1ccccc1.COC(=O)Cc1ccccc1.COC(=O)Cc1ccccc1.COC(=O)Cc1ccccc1.COC(=O)Cc1ccccc1.O=C(O)Cc1ccccc1.O=C(O)Cc1ccccc1. The molecule has 0 atom stereocenters. The highest BCUT2D eigenvalue weighted by molar-refractivity contribution is 5.75. The predicted molar refractivity (Wildman–Crippen MR) is 416 cm³/mol. The molecule has 0 radical (unpaired) electrons. The standard InChI is InChI=1S/2C9H10O3.6C9H10O2.2C8H8O2/c2*1-11-9(10)7-12-8-5-3-2-4-6-8;6*1-11-9(10)7-8-5-3-2-4-6-8;2*9-8(10)6-7-4-2-1-3-5-7/h2*2-6H,7H2,1H3;6*2-6H,7H2,1H3;2*1-5H,6H2,(H,9,10). The van der Waals surface area contributed by atoms with E-state index in [1.54, 1.807) is 48.5 Å². The molecule has 0 aromatic heterocycles. The van der Waals surface area contributed by atoms with Gasteiger partial charge in [-0.1, -0.05) is 279 Å². The lowest BCUT2D eigenvalue weighted by Crippen LogP contribution is -2.12. The monoisotopic (exact) mass is 1500 g/mol. The second-order valence-corrected chi connectivity index (χ2v) is 21.9. The number of carboxylic acid groups (broad SMARTS) is 2.